The molecule has 0 N–H and O–H groups in total. The fraction of sp³-hybridized carbons (Fsp3) is 0.583. The molecule has 2 aromatic carbocycles. The molecule has 31 heavy (non-hydrogen) atoms. The van der Waals surface area contributed by atoms with E-state index in [1.807, 2.05) is 18.2 Å². The van der Waals surface area contributed by atoms with Gasteiger partial charge >= 0.3 is 7.12 Å². The van der Waals surface area contributed by atoms with Gasteiger partial charge in [-0.2, -0.15) is 0 Å². The average Bonchev–Trinajstić information content (AvgIpc) is 2.87. The molecule has 0 saturated carbocycles. The van der Waals surface area contributed by atoms with Crippen molar-refractivity contribution in [3.8, 4) is 17.2 Å². The number of benzene rings is 2. The van der Waals surface area contributed by atoms with E-state index in [1.54, 1.807) is 14.2 Å². The number of hydrogen-bond donors (Lipinski definition) is 0. The molecule has 1 aliphatic rings. The zero-order valence-electron chi connectivity index (χ0n) is 20.9. The third-order valence-corrected chi connectivity index (χ3v) is 11.5. The van der Waals surface area contributed by atoms with Crippen molar-refractivity contribution in [2.45, 2.75) is 77.8 Å². The molecule has 0 radical (unpaired) electrons. The average molecular weight is 444 g/mol. The molecule has 0 bridgehead atoms. The summed E-state index contributed by atoms with van der Waals surface area (Å²) in [5, 5.41) is 1.90. The fourth-order valence-electron chi connectivity index (χ4n) is 3.37. The van der Waals surface area contributed by atoms with E-state index in [4.69, 9.17) is 23.2 Å². The van der Waals surface area contributed by atoms with Gasteiger partial charge in [0.05, 0.1) is 30.8 Å². The third-order valence-electron chi connectivity index (χ3n) is 7.16. The zero-order valence-corrected chi connectivity index (χ0v) is 21.9. The molecule has 1 saturated heterocycles. The molecule has 0 amide bonds. The lowest BCUT2D eigenvalue weighted by molar-refractivity contribution is 0.00578. The van der Waals surface area contributed by atoms with E-state index in [2.05, 4.69) is 67.6 Å². The van der Waals surface area contributed by atoms with Crippen LogP contribution in [0.4, 0.5) is 0 Å². The molecule has 1 heterocycles. The molecule has 170 valence electrons. The van der Waals surface area contributed by atoms with E-state index in [0.29, 0.717) is 5.75 Å². The van der Waals surface area contributed by atoms with Gasteiger partial charge in [-0.25, -0.2) is 0 Å². The van der Waals surface area contributed by atoms with Gasteiger partial charge in [-0.1, -0.05) is 26.8 Å². The van der Waals surface area contributed by atoms with Gasteiger partial charge < -0.3 is 23.2 Å². The van der Waals surface area contributed by atoms with Crippen molar-refractivity contribution in [1.29, 1.82) is 0 Å². The highest BCUT2D eigenvalue weighted by Crippen LogP contribution is 2.44. The Labute approximate surface area is 188 Å². The van der Waals surface area contributed by atoms with Crippen LogP contribution in [0.1, 0.15) is 48.5 Å². The highest BCUT2D eigenvalue weighted by Gasteiger charge is 2.52. The van der Waals surface area contributed by atoms with Crippen molar-refractivity contribution in [3.05, 3.63) is 24.3 Å². The summed E-state index contributed by atoms with van der Waals surface area (Å²) >= 11 is 0. The Morgan fingerprint density at radius 2 is 1.35 bits per heavy atom. The minimum Gasteiger partial charge on any atom is -0.543 e. The van der Waals surface area contributed by atoms with E-state index in [-0.39, 0.29) is 5.04 Å². The van der Waals surface area contributed by atoms with Crippen LogP contribution in [0.5, 0.6) is 17.2 Å². The highest BCUT2D eigenvalue weighted by atomic mass is 28.4. The van der Waals surface area contributed by atoms with Crippen LogP contribution in [0.2, 0.25) is 18.1 Å². The van der Waals surface area contributed by atoms with Crippen molar-refractivity contribution < 1.29 is 23.2 Å². The fourth-order valence-corrected chi connectivity index (χ4v) is 4.41. The van der Waals surface area contributed by atoms with Crippen LogP contribution < -0.4 is 19.4 Å². The van der Waals surface area contributed by atoms with Crippen LogP contribution in [0, 0.1) is 0 Å². The minimum absolute atomic E-state index is 0.0761. The van der Waals surface area contributed by atoms with Gasteiger partial charge in [0.15, 0.2) is 0 Å². The smallest absolute Gasteiger partial charge is 0.494 e. The molecule has 1 aliphatic heterocycles. The summed E-state index contributed by atoms with van der Waals surface area (Å²) in [6, 6.07) is 8.00. The Hall–Kier alpha value is -1.70. The molecule has 5 nitrogen and oxygen atoms in total. The van der Waals surface area contributed by atoms with E-state index in [9.17, 15) is 0 Å². The van der Waals surface area contributed by atoms with Gasteiger partial charge in [0, 0.05) is 5.39 Å². The molecular weight excluding hydrogens is 407 g/mol. The van der Waals surface area contributed by atoms with Gasteiger partial charge in [-0.3, -0.25) is 0 Å². The number of methoxy groups -OCH3 is 2. The Morgan fingerprint density at radius 1 is 0.839 bits per heavy atom. The number of fused-ring (bicyclic) bond motifs is 1. The topological polar surface area (TPSA) is 46.2 Å². The van der Waals surface area contributed by atoms with Gasteiger partial charge in [0.25, 0.3) is 8.32 Å². The van der Waals surface area contributed by atoms with Crippen LogP contribution in [0.25, 0.3) is 10.8 Å². The summed E-state index contributed by atoms with van der Waals surface area (Å²) in [6.07, 6.45) is 0. The lowest BCUT2D eigenvalue weighted by atomic mass is 9.78. The lowest BCUT2D eigenvalue weighted by Gasteiger charge is -2.37. The van der Waals surface area contributed by atoms with E-state index < -0.39 is 26.6 Å². The zero-order chi connectivity index (χ0) is 23.4. The molecule has 3 rings (SSSR count). The molecular formula is C24H37BO5Si. The first-order chi connectivity index (χ1) is 14.1. The van der Waals surface area contributed by atoms with Gasteiger partial charge in [-0.15, -0.1) is 0 Å². The summed E-state index contributed by atoms with van der Waals surface area (Å²) in [6.45, 7) is 19.4. The number of hydrogen-bond acceptors (Lipinski definition) is 5. The normalized spacial score (nSPS) is 18.4. The quantitative estimate of drug-likeness (QED) is 0.567. The minimum atomic E-state index is -2.06. The van der Waals surface area contributed by atoms with Crippen molar-refractivity contribution in [1.82, 2.24) is 0 Å². The second kappa shape index (κ2) is 7.71. The lowest BCUT2D eigenvalue weighted by Crippen LogP contribution is -2.44. The molecule has 0 atom stereocenters. The van der Waals surface area contributed by atoms with E-state index >= 15 is 0 Å². The third kappa shape index (κ3) is 4.20. The van der Waals surface area contributed by atoms with Crippen LogP contribution in [0.3, 0.4) is 0 Å². The summed E-state index contributed by atoms with van der Waals surface area (Å²) in [7, 11) is 0.794. The van der Waals surface area contributed by atoms with Gasteiger partial charge in [0.2, 0.25) is 0 Å². The first-order valence-electron chi connectivity index (χ1n) is 10.9. The molecule has 1 fully saturated rings. The second-order valence-electron chi connectivity index (χ2n) is 10.9. The van der Waals surface area contributed by atoms with Crippen LogP contribution in [-0.2, 0) is 9.31 Å². The van der Waals surface area contributed by atoms with Gasteiger partial charge in [-0.05, 0) is 69.5 Å². The molecule has 0 unspecified atom stereocenters. The summed E-state index contributed by atoms with van der Waals surface area (Å²) in [5.41, 5.74) is 0.0555. The Kier molecular flexibility index (Phi) is 5.96. The van der Waals surface area contributed by atoms with E-state index in [0.717, 1.165) is 27.7 Å². The number of rotatable bonds is 5. The maximum atomic E-state index is 6.72. The van der Waals surface area contributed by atoms with Crippen molar-refractivity contribution >= 4 is 31.7 Å². The summed E-state index contributed by atoms with van der Waals surface area (Å²) in [5.74, 6) is 2.29. The predicted molar refractivity (Wildman–Crippen MR) is 131 cm³/mol. The molecule has 0 spiro atoms. The summed E-state index contributed by atoms with van der Waals surface area (Å²) < 4.78 is 30.8. The SMILES string of the molecule is COc1ccc(O[Si](C)(C)C(C)(C)C)c2cc(B3OC(C)(C)C(C)(C)O3)cc(OC)c12. The van der Waals surface area contributed by atoms with Gasteiger partial charge in [0.1, 0.15) is 17.2 Å². The second-order valence-corrected chi connectivity index (χ2v) is 15.6. The predicted octanol–water partition coefficient (Wildman–Crippen LogP) is 5.54. The van der Waals surface area contributed by atoms with Crippen molar-refractivity contribution in [2.75, 3.05) is 14.2 Å². The Morgan fingerprint density at radius 3 is 1.84 bits per heavy atom. The maximum Gasteiger partial charge on any atom is 0.494 e. The number of ether oxygens (including phenoxy) is 2. The van der Waals surface area contributed by atoms with Crippen LogP contribution in [-0.4, -0.2) is 40.9 Å². The standard InChI is InChI=1S/C24H37BO5Si/c1-22(2,3)31(10,11)28-18-12-13-19(26-8)21-17(18)14-16(15-20(21)27-9)25-29-23(4,5)24(6,7)30-25/h12-15H,1-11H3. The first-order valence-corrected chi connectivity index (χ1v) is 13.8. The molecule has 0 aromatic heterocycles. The van der Waals surface area contributed by atoms with Crippen LogP contribution in [0.15, 0.2) is 24.3 Å². The maximum absolute atomic E-state index is 6.72. The monoisotopic (exact) mass is 444 g/mol. The largest absolute Gasteiger partial charge is 0.543 e. The van der Waals surface area contributed by atoms with Crippen LogP contribution >= 0.6 is 0 Å². The molecule has 2 aromatic rings. The Balaban J connectivity index is 2.20. The summed E-state index contributed by atoms with van der Waals surface area (Å²) in [4.78, 5) is 0. The van der Waals surface area contributed by atoms with Crippen molar-refractivity contribution in [3.63, 3.8) is 0 Å². The Bertz CT molecular complexity index is 962. The molecule has 7 heteroatoms. The highest BCUT2D eigenvalue weighted by molar-refractivity contribution is 6.74. The molecule has 0 aliphatic carbocycles. The van der Waals surface area contributed by atoms with E-state index in [1.165, 1.54) is 0 Å². The first kappa shape index (κ1) is 24.0. The van der Waals surface area contributed by atoms with Crippen molar-refractivity contribution in [2.24, 2.45) is 0 Å².